The average Bonchev–Trinajstić information content (AvgIpc) is 2.77. The Balaban J connectivity index is 2.08. The van der Waals surface area contributed by atoms with Gasteiger partial charge in [0.2, 0.25) is 0 Å². The molecular weight excluding hydrogens is 253 g/mol. The van der Waals surface area contributed by atoms with Gasteiger partial charge in [0.15, 0.2) is 5.82 Å². The van der Waals surface area contributed by atoms with Gasteiger partial charge in [-0.1, -0.05) is 18.6 Å². The number of hydrogen-bond acceptors (Lipinski definition) is 3. The fourth-order valence-corrected chi connectivity index (χ4v) is 2.56. The van der Waals surface area contributed by atoms with Crippen LogP contribution < -0.4 is 11.1 Å². The summed E-state index contributed by atoms with van der Waals surface area (Å²) in [6, 6.07) is 1.26. The van der Waals surface area contributed by atoms with E-state index >= 15 is 0 Å². The van der Waals surface area contributed by atoms with Crippen molar-refractivity contribution in [2.75, 3.05) is 0 Å². The SMILES string of the molecule is NC(=S)C1CCCC1NC(=O)c1ccncc1F. The Morgan fingerprint density at radius 1 is 1.56 bits per heavy atom. The normalized spacial score (nSPS) is 22.7. The number of nitrogens with one attached hydrogen (secondary N) is 1. The maximum atomic E-state index is 13.4. The molecule has 3 N–H and O–H groups in total. The molecule has 6 heteroatoms. The first kappa shape index (κ1) is 12.9. The Hall–Kier alpha value is -1.56. The summed E-state index contributed by atoms with van der Waals surface area (Å²) < 4.78 is 13.4. The lowest BCUT2D eigenvalue weighted by atomic mass is 10.0. The summed E-state index contributed by atoms with van der Waals surface area (Å²) in [4.78, 5) is 15.9. The quantitative estimate of drug-likeness (QED) is 0.812. The van der Waals surface area contributed by atoms with Gasteiger partial charge in [0.05, 0.1) is 16.7 Å². The highest BCUT2D eigenvalue weighted by Gasteiger charge is 2.31. The molecule has 0 aliphatic heterocycles. The molecule has 1 aromatic heterocycles. The first-order valence-electron chi connectivity index (χ1n) is 5.79. The molecule has 1 heterocycles. The van der Waals surface area contributed by atoms with Crippen LogP contribution in [0, 0.1) is 11.7 Å². The van der Waals surface area contributed by atoms with Crippen molar-refractivity contribution in [1.29, 1.82) is 0 Å². The number of carbonyl (C=O) groups excluding carboxylic acids is 1. The van der Waals surface area contributed by atoms with Crippen molar-refractivity contribution in [3.63, 3.8) is 0 Å². The minimum Gasteiger partial charge on any atom is -0.393 e. The van der Waals surface area contributed by atoms with Crippen LogP contribution in [0.25, 0.3) is 0 Å². The number of nitrogens with two attached hydrogens (primary N) is 1. The average molecular weight is 267 g/mol. The number of nitrogens with zero attached hydrogens (tertiary/aromatic N) is 1. The number of amides is 1. The highest BCUT2D eigenvalue weighted by atomic mass is 32.1. The lowest BCUT2D eigenvalue weighted by molar-refractivity contribution is 0.0929. The summed E-state index contributed by atoms with van der Waals surface area (Å²) in [5.74, 6) is -1.06. The third-order valence-electron chi connectivity index (χ3n) is 3.21. The maximum Gasteiger partial charge on any atom is 0.254 e. The van der Waals surface area contributed by atoms with Crippen LogP contribution in [-0.2, 0) is 0 Å². The number of halogens is 1. The molecule has 0 saturated heterocycles. The predicted molar refractivity (Wildman–Crippen MR) is 69.6 cm³/mol. The van der Waals surface area contributed by atoms with E-state index in [0.717, 1.165) is 25.5 Å². The Morgan fingerprint density at radius 2 is 2.33 bits per heavy atom. The van der Waals surface area contributed by atoms with Gasteiger partial charge in [-0.25, -0.2) is 4.39 Å². The number of thiocarbonyl (C=S) groups is 1. The van der Waals surface area contributed by atoms with Crippen LogP contribution in [0.1, 0.15) is 29.6 Å². The zero-order valence-electron chi connectivity index (χ0n) is 9.73. The second-order valence-electron chi connectivity index (χ2n) is 4.38. The molecule has 1 amide bonds. The van der Waals surface area contributed by atoms with E-state index in [1.165, 1.54) is 12.3 Å². The standard InChI is InChI=1S/C12H14FN3OS/c13-9-6-15-5-4-7(9)12(17)16-10-3-1-2-8(10)11(14)18/h4-6,8,10H,1-3H2,(H2,14,18)(H,16,17). The van der Waals surface area contributed by atoms with Crippen LogP contribution in [0.4, 0.5) is 4.39 Å². The fourth-order valence-electron chi connectivity index (χ4n) is 2.28. The molecule has 18 heavy (non-hydrogen) atoms. The Bertz CT molecular complexity index is 480. The number of hydrogen-bond donors (Lipinski definition) is 2. The van der Waals surface area contributed by atoms with Crippen molar-refractivity contribution >= 4 is 23.1 Å². The molecule has 0 spiro atoms. The smallest absolute Gasteiger partial charge is 0.254 e. The lowest BCUT2D eigenvalue weighted by Crippen LogP contribution is -2.42. The van der Waals surface area contributed by atoms with E-state index in [1.54, 1.807) is 0 Å². The van der Waals surface area contributed by atoms with Crippen LogP contribution >= 0.6 is 12.2 Å². The van der Waals surface area contributed by atoms with Gasteiger partial charge in [-0.05, 0) is 18.9 Å². The van der Waals surface area contributed by atoms with E-state index in [0.29, 0.717) is 4.99 Å². The van der Waals surface area contributed by atoms with Gasteiger partial charge in [-0.3, -0.25) is 9.78 Å². The van der Waals surface area contributed by atoms with Crippen LogP contribution in [0.5, 0.6) is 0 Å². The van der Waals surface area contributed by atoms with Gasteiger partial charge in [-0.15, -0.1) is 0 Å². The molecule has 0 radical (unpaired) electrons. The molecule has 96 valence electrons. The van der Waals surface area contributed by atoms with Crippen LogP contribution in [0.2, 0.25) is 0 Å². The Morgan fingerprint density at radius 3 is 3.00 bits per heavy atom. The van der Waals surface area contributed by atoms with Gasteiger partial charge < -0.3 is 11.1 Å². The molecule has 0 aromatic carbocycles. The zero-order chi connectivity index (χ0) is 13.1. The number of rotatable bonds is 3. The van der Waals surface area contributed by atoms with Gasteiger partial charge in [0.1, 0.15) is 0 Å². The van der Waals surface area contributed by atoms with E-state index in [1.807, 2.05) is 0 Å². The van der Waals surface area contributed by atoms with E-state index in [2.05, 4.69) is 10.3 Å². The molecule has 2 rings (SSSR count). The van der Waals surface area contributed by atoms with Crippen molar-refractivity contribution in [2.24, 2.45) is 11.7 Å². The molecular formula is C12H14FN3OS. The summed E-state index contributed by atoms with van der Waals surface area (Å²) in [6.07, 6.45) is 5.07. The summed E-state index contributed by atoms with van der Waals surface area (Å²) in [7, 11) is 0. The molecule has 1 fully saturated rings. The van der Waals surface area contributed by atoms with E-state index in [9.17, 15) is 9.18 Å². The van der Waals surface area contributed by atoms with E-state index in [-0.39, 0.29) is 17.5 Å². The van der Waals surface area contributed by atoms with Gasteiger partial charge >= 0.3 is 0 Å². The molecule has 4 nitrogen and oxygen atoms in total. The van der Waals surface area contributed by atoms with Crippen molar-refractivity contribution in [3.05, 3.63) is 29.8 Å². The predicted octanol–water partition coefficient (Wildman–Crippen LogP) is 1.41. The molecule has 1 aromatic rings. The van der Waals surface area contributed by atoms with E-state index in [4.69, 9.17) is 18.0 Å². The number of carbonyl (C=O) groups is 1. The van der Waals surface area contributed by atoms with Crippen molar-refractivity contribution < 1.29 is 9.18 Å². The van der Waals surface area contributed by atoms with Crippen molar-refractivity contribution in [3.8, 4) is 0 Å². The van der Waals surface area contributed by atoms with Gasteiger partial charge in [0.25, 0.3) is 5.91 Å². The molecule has 1 aliphatic carbocycles. The minimum atomic E-state index is -0.625. The summed E-state index contributed by atoms with van der Waals surface area (Å²) in [6.45, 7) is 0. The third-order valence-corrected chi connectivity index (χ3v) is 3.52. The molecule has 1 aliphatic rings. The first-order valence-corrected chi connectivity index (χ1v) is 6.20. The zero-order valence-corrected chi connectivity index (χ0v) is 10.5. The van der Waals surface area contributed by atoms with Crippen LogP contribution in [0.15, 0.2) is 18.5 Å². The second kappa shape index (κ2) is 5.39. The van der Waals surface area contributed by atoms with Crippen molar-refractivity contribution in [2.45, 2.75) is 25.3 Å². The highest BCUT2D eigenvalue weighted by Crippen LogP contribution is 2.26. The van der Waals surface area contributed by atoms with E-state index < -0.39 is 11.7 Å². The maximum absolute atomic E-state index is 13.4. The van der Waals surface area contributed by atoms with Gasteiger partial charge in [-0.2, -0.15) is 0 Å². The van der Waals surface area contributed by atoms with Crippen molar-refractivity contribution in [1.82, 2.24) is 10.3 Å². The lowest BCUT2D eigenvalue weighted by Gasteiger charge is -2.19. The van der Waals surface area contributed by atoms with Gasteiger partial charge in [0, 0.05) is 18.2 Å². The second-order valence-corrected chi connectivity index (χ2v) is 4.85. The summed E-state index contributed by atoms with van der Waals surface area (Å²) in [5, 5.41) is 2.79. The topological polar surface area (TPSA) is 68.0 Å². The minimum absolute atomic E-state index is 0.00131. The Kier molecular flexibility index (Phi) is 3.86. The Labute approximate surface area is 110 Å². The largest absolute Gasteiger partial charge is 0.393 e. The monoisotopic (exact) mass is 267 g/mol. The summed E-state index contributed by atoms with van der Waals surface area (Å²) in [5.41, 5.74) is 5.63. The molecule has 1 saturated carbocycles. The summed E-state index contributed by atoms with van der Waals surface area (Å²) >= 11 is 4.97. The first-order chi connectivity index (χ1) is 8.59. The third kappa shape index (κ3) is 2.64. The molecule has 2 atom stereocenters. The fraction of sp³-hybridized carbons (Fsp3) is 0.417. The molecule has 2 unspecified atom stereocenters. The van der Waals surface area contributed by atoms with Crippen LogP contribution in [-0.4, -0.2) is 21.9 Å². The number of pyridine rings is 1. The highest BCUT2D eigenvalue weighted by molar-refractivity contribution is 7.80. The van der Waals surface area contributed by atoms with Crippen LogP contribution in [0.3, 0.4) is 0 Å². The molecule has 0 bridgehead atoms. The number of aromatic nitrogens is 1.